The van der Waals surface area contributed by atoms with Crippen LogP contribution >= 0.6 is 0 Å². The Bertz CT molecular complexity index is 390. The number of hydrogen-bond acceptors (Lipinski definition) is 3. The van der Waals surface area contributed by atoms with E-state index in [4.69, 9.17) is 4.74 Å². The Labute approximate surface area is 122 Å². The maximum absolute atomic E-state index is 10.4. The summed E-state index contributed by atoms with van der Waals surface area (Å²) < 4.78 is 5.43. The number of aliphatic hydroxyl groups is 1. The second-order valence-electron chi connectivity index (χ2n) is 5.69. The van der Waals surface area contributed by atoms with Gasteiger partial charge in [-0.3, -0.25) is 0 Å². The summed E-state index contributed by atoms with van der Waals surface area (Å²) in [5, 5.41) is 10.4. The van der Waals surface area contributed by atoms with Gasteiger partial charge in [0.25, 0.3) is 0 Å². The molecule has 1 N–H and O–H groups in total. The molecule has 2 unspecified atom stereocenters. The van der Waals surface area contributed by atoms with Crippen molar-refractivity contribution in [2.24, 2.45) is 5.92 Å². The number of nitrogens with zero attached hydrogens (tertiary/aromatic N) is 1. The van der Waals surface area contributed by atoms with E-state index in [0.29, 0.717) is 6.61 Å². The van der Waals surface area contributed by atoms with Crippen molar-refractivity contribution < 1.29 is 9.84 Å². The van der Waals surface area contributed by atoms with Crippen LogP contribution in [-0.4, -0.2) is 36.2 Å². The summed E-state index contributed by atoms with van der Waals surface area (Å²) in [5.41, 5.74) is 0.979. The van der Waals surface area contributed by atoms with Crippen LogP contribution in [0.4, 0.5) is 0 Å². The molecule has 0 spiro atoms. The lowest BCUT2D eigenvalue weighted by Crippen LogP contribution is -2.37. The molecule has 1 aromatic carbocycles. The number of ether oxygens (including phenoxy) is 1. The minimum atomic E-state index is -0.402. The number of likely N-dealkylation sites (tertiary alicyclic amines) is 1. The first-order valence-corrected chi connectivity index (χ1v) is 7.86. The number of aliphatic hydroxyl groups excluding tert-OH is 1. The molecule has 20 heavy (non-hydrogen) atoms. The van der Waals surface area contributed by atoms with E-state index in [2.05, 4.69) is 11.8 Å². The van der Waals surface area contributed by atoms with E-state index in [-0.39, 0.29) is 0 Å². The van der Waals surface area contributed by atoms with Crippen LogP contribution < -0.4 is 4.74 Å². The lowest BCUT2D eigenvalue weighted by molar-refractivity contribution is 0.0836. The van der Waals surface area contributed by atoms with Crippen molar-refractivity contribution in [1.29, 1.82) is 0 Å². The van der Waals surface area contributed by atoms with Crippen molar-refractivity contribution in [3.63, 3.8) is 0 Å². The van der Waals surface area contributed by atoms with E-state index in [1.807, 2.05) is 31.2 Å². The van der Waals surface area contributed by atoms with E-state index in [1.54, 1.807) is 0 Å². The Kier molecular flexibility index (Phi) is 5.86. The molecule has 1 saturated heterocycles. The molecule has 1 aromatic rings. The summed E-state index contributed by atoms with van der Waals surface area (Å²) in [5.74, 6) is 1.67. The van der Waals surface area contributed by atoms with Gasteiger partial charge in [-0.25, -0.2) is 0 Å². The van der Waals surface area contributed by atoms with E-state index >= 15 is 0 Å². The molecule has 3 heteroatoms. The second-order valence-corrected chi connectivity index (χ2v) is 5.69. The third kappa shape index (κ3) is 4.22. The molecule has 3 nitrogen and oxygen atoms in total. The summed E-state index contributed by atoms with van der Waals surface area (Å²) in [6, 6.07) is 7.81. The quantitative estimate of drug-likeness (QED) is 0.866. The maximum atomic E-state index is 10.4. The summed E-state index contributed by atoms with van der Waals surface area (Å²) in [4.78, 5) is 2.40. The fraction of sp³-hybridized carbons (Fsp3) is 0.647. The smallest absolute Gasteiger partial charge is 0.119 e. The highest BCUT2D eigenvalue weighted by Gasteiger charge is 2.21. The molecule has 1 fully saturated rings. The van der Waals surface area contributed by atoms with Crippen molar-refractivity contribution >= 4 is 0 Å². The van der Waals surface area contributed by atoms with E-state index in [9.17, 15) is 5.11 Å². The molecule has 0 saturated carbocycles. The normalized spacial score (nSPS) is 21.6. The Balaban J connectivity index is 1.88. The van der Waals surface area contributed by atoms with Crippen LogP contribution in [0.3, 0.4) is 0 Å². The van der Waals surface area contributed by atoms with Gasteiger partial charge in [0.1, 0.15) is 5.75 Å². The SMILES string of the molecule is CCOc1ccc(C(O)CN2CCCC(CC)C2)cc1. The first-order valence-electron chi connectivity index (χ1n) is 7.86. The van der Waals surface area contributed by atoms with Crippen molar-refractivity contribution in [2.45, 2.75) is 39.2 Å². The van der Waals surface area contributed by atoms with Gasteiger partial charge in [0, 0.05) is 13.1 Å². The largest absolute Gasteiger partial charge is 0.494 e. The standard InChI is InChI=1S/C17H27NO2/c1-3-14-6-5-11-18(12-14)13-17(19)15-7-9-16(10-8-15)20-4-2/h7-10,14,17,19H,3-6,11-13H2,1-2H3. The van der Waals surface area contributed by atoms with Gasteiger partial charge in [0.2, 0.25) is 0 Å². The molecule has 1 heterocycles. The maximum Gasteiger partial charge on any atom is 0.119 e. The zero-order valence-corrected chi connectivity index (χ0v) is 12.7. The average Bonchev–Trinajstić information content (AvgIpc) is 2.48. The van der Waals surface area contributed by atoms with Crippen LogP contribution in [0, 0.1) is 5.92 Å². The van der Waals surface area contributed by atoms with Gasteiger partial charge in [-0.05, 0) is 49.9 Å². The van der Waals surface area contributed by atoms with Crippen LogP contribution in [0.15, 0.2) is 24.3 Å². The summed E-state index contributed by atoms with van der Waals surface area (Å²) >= 11 is 0. The average molecular weight is 277 g/mol. The fourth-order valence-electron chi connectivity index (χ4n) is 2.95. The molecule has 112 valence electrons. The topological polar surface area (TPSA) is 32.7 Å². The number of benzene rings is 1. The number of rotatable bonds is 6. The molecule has 1 aliphatic rings. The van der Waals surface area contributed by atoms with Crippen LogP contribution in [0.25, 0.3) is 0 Å². The third-order valence-corrected chi connectivity index (χ3v) is 4.19. The van der Waals surface area contributed by atoms with Crippen LogP contribution in [-0.2, 0) is 0 Å². The second kappa shape index (κ2) is 7.65. The lowest BCUT2D eigenvalue weighted by Gasteiger charge is -2.33. The first-order chi connectivity index (χ1) is 9.72. The zero-order chi connectivity index (χ0) is 14.4. The van der Waals surface area contributed by atoms with Gasteiger partial charge in [-0.1, -0.05) is 25.5 Å². The Hall–Kier alpha value is -1.06. The molecule has 2 atom stereocenters. The van der Waals surface area contributed by atoms with Crippen molar-refractivity contribution in [1.82, 2.24) is 4.90 Å². The van der Waals surface area contributed by atoms with Crippen LogP contribution in [0.1, 0.15) is 44.8 Å². The molecule has 1 aliphatic heterocycles. The predicted molar refractivity (Wildman–Crippen MR) is 82.0 cm³/mol. The minimum Gasteiger partial charge on any atom is -0.494 e. The molecule has 0 radical (unpaired) electrons. The Morgan fingerprint density at radius 3 is 2.70 bits per heavy atom. The lowest BCUT2D eigenvalue weighted by atomic mass is 9.95. The van der Waals surface area contributed by atoms with Gasteiger partial charge >= 0.3 is 0 Å². The highest BCUT2D eigenvalue weighted by atomic mass is 16.5. The Morgan fingerprint density at radius 1 is 1.30 bits per heavy atom. The van der Waals surface area contributed by atoms with Gasteiger partial charge in [0.15, 0.2) is 0 Å². The number of piperidine rings is 1. The van der Waals surface area contributed by atoms with E-state index < -0.39 is 6.10 Å². The van der Waals surface area contributed by atoms with Gasteiger partial charge < -0.3 is 14.7 Å². The summed E-state index contributed by atoms with van der Waals surface area (Å²) in [6.45, 7) is 7.90. The van der Waals surface area contributed by atoms with Crippen molar-refractivity contribution in [2.75, 3.05) is 26.2 Å². The molecule has 0 aliphatic carbocycles. The molecular weight excluding hydrogens is 250 g/mol. The van der Waals surface area contributed by atoms with Gasteiger partial charge in [-0.2, -0.15) is 0 Å². The van der Waals surface area contributed by atoms with E-state index in [1.165, 1.54) is 19.3 Å². The van der Waals surface area contributed by atoms with E-state index in [0.717, 1.165) is 36.9 Å². The highest BCUT2D eigenvalue weighted by Crippen LogP contribution is 2.23. The highest BCUT2D eigenvalue weighted by molar-refractivity contribution is 5.28. The fourth-order valence-corrected chi connectivity index (χ4v) is 2.95. The number of hydrogen-bond donors (Lipinski definition) is 1. The zero-order valence-electron chi connectivity index (χ0n) is 12.7. The van der Waals surface area contributed by atoms with Gasteiger partial charge in [0.05, 0.1) is 12.7 Å². The van der Waals surface area contributed by atoms with Crippen LogP contribution in [0.2, 0.25) is 0 Å². The molecule has 0 bridgehead atoms. The minimum absolute atomic E-state index is 0.402. The van der Waals surface area contributed by atoms with Crippen LogP contribution in [0.5, 0.6) is 5.75 Å². The molecular formula is C17H27NO2. The third-order valence-electron chi connectivity index (χ3n) is 4.19. The van der Waals surface area contributed by atoms with Crippen molar-refractivity contribution in [3.8, 4) is 5.75 Å². The molecule has 0 amide bonds. The predicted octanol–water partition coefficient (Wildman–Crippen LogP) is 3.24. The monoisotopic (exact) mass is 277 g/mol. The Morgan fingerprint density at radius 2 is 2.05 bits per heavy atom. The first kappa shape index (κ1) is 15.3. The summed E-state index contributed by atoms with van der Waals surface area (Å²) in [7, 11) is 0. The van der Waals surface area contributed by atoms with Crippen molar-refractivity contribution in [3.05, 3.63) is 29.8 Å². The summed E-state index contributed by atoms with van der Waals surface area (Å²) in [6.07, 6.45) is 3.44. The number of β-amino-alcohol motifs (C(OH)–C–C–N with tert-alkyl or cyclic N) is 1. The van der Waals surface area contributed by atoms with Gasteiger partial charge in [-0.15, -0.1) is 0 Å². The molecule has 2 rings (SSSR count). The molecule has 0 aromatic heterocycles.